The normalized spacial score (nSPS) is 12.6. The van der Waals surface area contributed by atoms with Crippen molar-refractivity contribution in [3.8, 4) is 0 Å². The maximum atomic E-state index is 8.53. The first-order valence-electron chi connectivity index (χ1n) is 4.43. The Morgan fingerprint density at radius 3 is 2.55 bits per heavy atom. The van der Waals surface area contributed by atoms with Crippen LogP contribution in [0.25, 0.3) is 0 Å². The van der Waals surface area contributed by atoms with Crippen molar-refractivity contribution in [3.63, 3.8) is 0 Å². The van der Waals surface area contributed by atoms with Crippen molar-refractivity contribution in [1.29, 1.82) is 0 Å². The summed E-state index contributed by atoms with van der Waals surface area (Å²) in [6.45, 7) is 6.93. The van der Waals surface area contributed by atoms with E-state index >= 15 is 0 Å². The van der Waals surface area contributed by atoms with E-state index in [1.807, 2.05) is 0 Å². The first-order valence-corrected chi connectivity index (χ1v) is 4.43. The first kappa shape index (κ1) is 10.7. The van der Waals surface area contributed by atoms with Crippen LogP contribution in [0.3, 0.4) is 0 Å². The SMILES string of the molecule is C/C(=C\CCCO)CC(C)C. The van der Waals surface area contributed by atoms with Gasteiger partial charge in [0, 0.05) is 6.61 Å². The molecular weight excluding hydrogens is 136 g/mol. The summed E-state index contributed by atoms with van der Waals surface area (Å²) in [5.41, 5.74) is 1.45. The Kier molecular flexibility index (Phi) is 6.24. The molecule has 0 aliphatic rings. The fraction of sp³-hybridized carbons (Fsp3) is 0.800. The van der Waals surface area contributed by atoms with Crippen molar-refractivity contribution in [3.05, 3.63) is 11.6 Å². The van der Waals surface area contributed by atoms with Crippen LogP contribution in [0.5, 0.6) is 0 Å². The highest BCUT2D eigenvalue weighted by Crippen LogP contribution is 2.10. The van der Waals surface area contributed by atoms with Crippen molar-refractivity contribution < 1.29 is 5.11 Å². The lowest BCUT2D eigenvalue weighted by Gasteiger charge is -2.03. The van der Waals surface area contributed by atoms with Gasteiger partial charge in [0.15, 0.2) is 0 Å². The van der Waals surface area contributed by atoms with Gasteiger partial charge in [-0.2, -0.15) is 0 Å². The van der Waals surface area contributed by atoms with Crippen LogP contribution in [0.2, 0.25) is 0 Å². The first-order chi connectivity index (χ1) is 5.16. The van der Waals surface area contributed by atoms with Gasteiger partial charge in [0.25, 0.3) is 0 Å². The van der Waals surface area contributed by atoms with Crippen LogP contribution in [-0.2, 0) is 0 Å². The number of allylic oxidation sites excluding steroid dienone is 2. The van der Waals surface area contributed by atoms with Crippen LogP contribution in [0.1, 0.15) is 40.0 Å². The molecule has 0 radical (unpaired) electrons. The van der Waals surface area contributed by atoms with E-state index in [0.717, 1.165) is 18.8 Å². The highest BCUT2D eigenvalue weighted by Gasteiger charge is 1.94. The van der Waals surface area contributed by atoms with E-state index in [1.54, 1.807) is 0 Å². The molecule has 0 unspecified atom stereocenters. The summed E-state index contributed by atoms with van der Waals surface area (Å²) in [7, 11) is 0. The van der Waals surface area contributed by atoms with Crippen LogP contribution < -0.4 is 0 Å². The topological polar surface area (TPSA) is 20.2 Å². The van der Waals surface area contributed by atoms with E-state index in [0.29, 0.717) is 6.61 Å². The van der Waals surface area contributed by atoms with Gasteiger partial charge in [0.05, 0.1) is 0 Å². The zero-order valence-corrected chi connectivity index (χ0v) is 7.93. The molecule has 0 aromatic heterocycles. The van der Waals surface area contributed by atoms with Crippen LogP contribution in [0, 0.1) is 5.92 Å². The Hall–Kier alpha value is -0.300. The van der Waals surface area contributed by atoms with Crippen LogP contribution in [0.4, 0.5) is 0 Å². The van der Waals surface area contributed by atoms with E-state index in [2.05, 4.69) is 26.8 Å². The Morgan fingerprint density at radius 2 is 2.09 bits per heavy atom. The molecule has 0 aliphatic carbocycles. The Balaban J connectivity index is 3.46. The average Bonchev–Trinajstić information content (AvgIpc) is 1.86. The van der Waals surface area contributed by atoms with Gasteiger partial charge >= 0.3 is 0 Å². The van der Waals surface area contributed by atoms with Gasteiger partial charge < -0.3 is 5.11 Å². The Bertz CT molecular complexity index is 114. The van der Waals surface area contributed by atoms with Crippen molar-refractivity contribution in [2.24, 2.45) is 5.92 Å². The third-order valence-electron chi connectivity index (χ3n) is 1.59. The van der Waals surface area contributed by atoms with E-state index in [9.17, 15) is 0 Å². The minimum absolute atomic E-state index is 0.311. The van der Waals surface area contributed by atoms with Gasteiger partial charge in [-0.05, 0) is 32.1 Å². The van der Waals surface area contributed by atoms with Crippen LogP contribution in [-0.4, -0.2) is 11.7 Å². The molecule has 0 aliphatic heterocycles. The fourth-order valence-corrected chi connectivity index (χ4v) is 1.17. The van der Waals surface area contributed by atoms with Crippen molar-refractivity contribution >= 4 is 0 Å². The van der Waals surface area contributed by atoms with Crippen LogP contribution in [0.15, 0.2) is 11.6 Å². The molecule has 1 nitrogen and oxygen atoms in total. The van der Waals surface area contributed by atoms with Gasteiger partial charge in [-0.15, -0.1) is 0 Å². The molecule has 11 heavy (non-hydrogen) atoms. The van der Waals surface area contributed by atoms with Gasteiger partial charge in [0.2, 0.25) is 0 Å². The molecule has 1 N–H and O–H groups in total. The van der Waals surface area contributed by atoms with Gasteiger partial charge in [-0.25, -0.2) is 0 Å². The zero-order valence-electron chi connectivity index (χ0n) is 7.93. The molecule has 0 bridgehead atoms. The smallest absolute Gasteiger partial charge is 0.0433 e. The Morgan fingerprint density at radius 1 is 1.45 bits per heavy atom. The lowest BCUT2D eigenvalue weighted by molar-refractivity contribution is 0.289. The second-order valence-corrected chi connectivity index (χ2v) is 3.51. The predicted octanol–water partition coefficient (Wildman–Crippen LogP) is 2.75. The highest BCUT2D eigenvalue weighted by atomic mass is 16.2. The molecule has 0 heterocycles. The van der Waals surface area contributed by atoms with Gasteiger partial charge in [-0.1, -0.05) is 25.5 Å². The molecule has 0 spiro atoms. The summed E-state index contributed by atoms with van der Waals surface area (Å²) >= 11 is 0. The third-order valence-corrected chi connectivity index (χ3v) is 1.59. The highest BCUT2D eigenvalue weighted by molar-refractivity contribution is 4.98. The summed E-state index contributed by atoms with van der Waals surface area (Å²) in [6, 6.07) is 0. The molecule has 0 fully saturated rings. The van der Waals surface area contributed by atoms with E-state index < -0.39 is 0 Å². The summed E-state index contributed by atoms with van der Waals surface area (Å²) in [6.07, 6.45) is 5.34. The van der Waals surface area contributed by atoms with Crippen molar-refractivity contribution in [2.45, 2.75) is 40.0 Å². The predicted molar refractivity (Wildman–Crippen MR) is 49.5 cm³/mol. The lowest BCUT2D eigenvalue weighted by atomic mass is 10.0. The number of aliphatic hydroxyl groups is 1. The standard InChI is InChI=1S/C10H20O/c1-9(2)8-10(3)6-4-5-7-11/h6,9,11H,4-5,7-8H2,1-3H3/b10-6+. The summed E-state index contributed by atoms with van der Waals surface area (Å²) < 4.78 is 0. The molecule has 1 heteroatoms. The summed E-state index contributed by atoms with van der Waals surface area (Å²) in [5.74, 6) is 0.750. The molecule has 66 valence electrons. The fourth-order valence-electron chi connectivity index (χ4n) is 1.17. The number of aliphatic hydroxyl groups excluding tert-OH is 1. The third kappa shape index (κ3) is 7.60. The zero-order chi connectivity index (χ0) is 8.69. The second-order valence-electron chi connectivity index (χ2n) is 3.51. The van der Waals surface area contributed by atoms with Gasteiger partial charge in [-0.3, -0.25) is 0 Å². The molecule has 0 saturated heterocycles. The maximum Gasteiger partial charge on any atom is 0.0433 e. The number of hydrogen-bond donors (Lipinski definition) is 1. The maximum absolute atomic E-state index is 8.53. The van der Waals surface area contributed by atoms with E-state index in [4.69, 9.17) is 5.11 Å². The number of rotatable bonds is 5. The molecule has 0 saturated carbocycles. The number of unbranched alkanes of at least 4 members (excludes halogenated alkanes) is 1. The quantitative estimate of drug-likeness (QED) is 0.479. The Labute approximate surface area is 70.1 Å². The number of hydrogen-bond acceptors (Lipinski definition) is 1. The molecule has 0 amide bonds. The molecule has 0 aromatic carbocycles. The van der Waals surface area contributed by atoms with E-state index in [1.165, 1.54) is 12.0 Å². The van der Waals surface area contributed by atoms with Crippen molar-refractivity contribution in [1.82, 2.24) is 0 Å². The minimum Gasteiger partial charge on any atom is -0.396 e. The molecular formula is C10H20O. The molecule has 0 aromatic rings. The largest absolute Gasteiger partial charge is 0.396 e. The van der Waals surface area contributed by atoms with Crippen LogP contribution >= 0.6 is 0 Å². The van der Waals surface area contributed by atoms with Gasteiger partial charge in [0.1, 0.15) is 0 Å². The van der Waals surface area contributed by atoms with E-state index in [-0.39, 0.29) is 0 Å². The summed E-state index contributed by atoms with van der Waals surface area (Å²) in [4.78, 5) is 0. The summed E-state index contributed by atoms with van der Waals surface area (Å²) in [5, 5.41) is 8.53. The molecule has 0 rings (SSSR count). The molecule has 0 atom stereocenters. The average molecular weight is 156 g/mol. The second kappa shape index (κ2) is 6.41. The minimum atomic E-state index is 0.311. The lowest BCUT2D eigenvalue weighted by Crippen LogP contribution is -1.88. The monoisotopic (exact) mass is 156 g/mol. The van der Waals surface area contributed by atoms with Crippen molar-refractivity contribution in [2.75, 3.05) is 6.61 Å².